The Labute approximate surface area is 188 Å². The van der Waals surface area contributed by atoms with Gasteiger partial charge in [0.05, 0.1) is 13.2 Å². The molecule has 0 radical (unpaired) electrons. The first-order chi connectivity index (χ1) is 15.5. The van der Waals surface area contributed by atoms with E-state index in [1.807, 2.05) is 37.3 Å². The van der Waals surface area contributed by atoms with Gasteiger partial charge in [0, 0.05) is 18.1 Å². The zero-order valence-corrected chi connectivity index (χ0v) is 18.1. The highest BCUT2D eigenvalue weighted by molar-refractivity contribution is 5.40. The molecular formula is C26H30O6. The average molecular weight is 439 g/mol. The van der Waals surface area contributed by atoms with E-state index >= 15 is 0 Å². The van der Waals surface area contributed by atoms with Crippen molar-refractivity contribution < 1.29 is 29.9 Å². The maximum atomic E-state index is 10.4. The largest absolute Gasteiger partial charge is 0.394 e. The van der Waals surface area contributed by atoms with Gasteiger partial charge >= 0.3 is 0 Å². The van der Waals surface area contributed by atoms with Gasteiger partial charge in [-0.15, -0.1) is 0 Å². The monoisotopic (exact) mass is 438 g/mol. The summed E-state index contributed by atoms with van der Waals surface area (Å²) < 4.78 is 11.1. The highest BCUT2D eigenvalue weighted by Gasteiger charge is 2.43. The molecule has 6 atom stereocenters. The smallest absolute Gasteiger partial charge is 0.113 e. The first-order valence-electron chi connectivity index (χ1n) is 11.0. The van der Waals surface area contributed by atoms with Crippen molar-refractivity contribution in [3.8, 4) is 11.8 Å². The first kappa shape index (κ1) is 22.9. The van der Waals surface area contributed by atoms with E-state index in [4.69, 9.17) is 9.47 Å². The van der Waals surface area contributed by atoms with Gasteiger partial charge in [-0.1, -0.05) is 42.2 Å². The molecule has 2 aromatic rings. The van der Waals surface area contributed by atoms with E-state index in [0.29, 0.717) is 17.9 Å². The minimum Gasteiger partial charge on any atom is -0.394 e. The first-order valence-corrected chi connectivity index (χ1v) is 11.0. The molecule has 2 fully saturated rings. The van der Waals surface area contributed by atoms with Crippen LogP contribution in [0, 0.1) is 24.7 Å². The summed E-state index contributed by atoms with van der Waals surface area (Å²) in [6, 6.07) is 13.9. The second-order valence-corrected chi connectivity index (χ2v) is 8.64. The Morgan fingerprint density at radius 1 is 1.00 bits per heavy atom. The molecule has 2 unspecified atom stereocenters. The molecule has 2 aromatic carbocycles. The molecule has 6 nitrogen and oxygen atoms in total. The minimum atomic E-state index is -1.39. The summed E-state index contributed by atoms with van der Waals surface area (Å²) in [6.07, 6.45) is -4.10. The van der Waals surface area contributed by atoms with Crippen LogP contribution in [-0.2, 0) is 15.9 Å². The minimum absolute atomic E-state index is 0.322. The molecule has 0 amide bonds. The number of hydrogen-bond donors (Lipinski definition) is 4. The Bertz CT molecular complexity index is 968. The molecule has 170 valence electrons. The van der Waals surface area contributed by atoms with Crippen molar-refractivity contribution in [2.24, 2.45) is 5.92 Å². The molecule has 2 heterocycles. The van der Waals surface area contributed by atoms with Crippen LogP contribution < -0.4 is 0 Å². The van der Waals surface area contributed by atoms with Crippen molar-refractivity contribution >= 4 is 0 Å². The van der Waals surface area contributed by atoms with Gasteiger partial charge in [-0.25, -0.2) is 0 Å². The lowest BCUT2D eigenvalue weighted by molar-refractivity contribution is -0.231. The van der Waals surface area contributed by atoms with Crippen LogP contribution in [0.1, 0.15) is 40.3 Å². The summed E-state index contributed by atoms with van der Waals surface area (Å²) in [4.78, 5) is 0. The Kier molecular flexibility index (Phi) is 7.27. The van der Waals surface area contributed by atoms with Gasteiger partial charge in [-0.05, 0) is 54.2 Å². The van der Waals surface area contributed by atoms with Crippen LogP contribution >= 0.6 is 0 Å². The fraction of sp³-hybridized carbons (Fsp3) is 0.462. The van der Waals surface area contributed by atoms with Gasteiger partial charge in [-0.3, -0.25) is 0 Å². The molecule has 0 bridgehead atoms. The van der Waals surface area contributed by atoms with E-state index in [1.54, 1.807) is 0 Å². The highest BCUT2D eigenvalue weighted by atomic mass is 16.5. The summed E-state index contributed by atoms with van der Waals surface area (Å²) in [5.74, 6) is 6.82. The van der Waals surface area contributed by atoms with Crippen molar-refractivity contribution in [3.63, 3.8) is 0 Å². The third-order valence-corrected chi connectivity index (χ3v) is 6.29. The molecule has 0 aliphatic carbocycles. The van der Waals surface area contributed by atoms with Crippen molar-refractivity contribution in [2.45, 2.75) is 50.3 Å². The summed E-state index contributed by atoms with van der Waals surface area (Å²) in [5, 5.41) is 40.0. The standard InChI is InChI=1S/C26H30O6/c1-16-2-9-20(26-25(30)24(29)23(28)22(14-27)32-26)13-21(16)12-18-6-3-17(4-7-18)5-8-19-10-11-31-15-19/h2-4,6-7,9,13,19,22-30H,10-12,14-15H2,1H3/t19-,22?,23-,24+,25-,26?/m1/s1. The number of aliphatic hydroxyl groups is 4. The van der Waals surface area contributed by atoms with Crippen molar-refractivity contribution in [1.82, 2.24) is 0 Å². The van der Waals surface area contributed by atoms with Gasteiger partial charge < -0.3 is 29.9 Å². The third-order valence-electron chi connectivity index (χ3n) is 6.29. The summed E-state index contributed by atoms with van der Waals surface area (Å²) in [7, 11) is 0. The number of ether oxygens (including phenoxy) is 2. The van der Waals surface area contributed by atoms with Gasteiger partial charge in [0.2, 0.25) is 0 Å². The Hall–Kier alpha value is -2.24. The summed E-state index contributed by atoms with van der Waals surface area (Å²) >= 11 is 0. The van der Waals surface area contributed by atoms with Crippen LogP contribution in [0.25, 0.3) is 0 Å². The number of aliphatic hydroxyl groups excluding tert-OH is 4. The van der Waals surface area contributed by atoms with Crippen LogP contribution in [0.4, 0.5) is 0 Å². The SMILES string of the molecule is Cc1ccc(C2OC(CO)[C@@H](O)[C@H](O)[C@H]2O)cc1Cc1ccc(C#C[C@@H]2CCOC2)cc1. The molecule has 2 saturated heterocycles. The van der Waals surface area contributed by atoms with Gasteiger partial charge in [0.15, 0.2) is 0 Å². The molecule has 2 aliphatic rings. The molecule has 4 N–H and O–H groups in total. The van der Waals surface area contributed by atoms with E-state index in [9.17, 15) is 20.4 Å². The lowest BCUT2D eigenvalue weighted by Crippen LogP contribution is -2.55. The summed E-state index contributed by atoms with van der Waals surface area (Å²) in [6.45, 7) is 3.09. The van der Waals surface area contributed by atoms with Gasteiger partial charge in [0.1, 0.15) is 30.5 Å². The number of hydrogen-bond acceptors (Lipinski definition) is 6. The fourth-order valence-corrected chi connectivity index (χ4v) is 4.20. The lowest BCUT2D eigenvalue weighted by Gasteiger charge is -2.40. The van der Waals surface area contributed by atoms with Crippen molar-refractivity contribution in [3.05, 3.63) is 70.3 Å². The fourth-order valence-electron chi connectivity index (χ4n) is 4.20. The molecule has 0 saturated carbocycles. The second-order valence-electron chi connectivity index (χ2n) is 8.64. The van der Waals surface area contributed by atoms with Crippen LogP contribution in [0.5, 0.6) is 0 Å². The number of benzene rings is 2. The van der Waals surface area contributed by atoms with Crippen molar-refractivity contribution in [1.29, 1.82) is 0 Å². The summed E-state index contributed by atoms with van der Waals surface area (Å²) in [5.41, 5.74) is 4.98. The van der Waals surface area contributed by atoms with Crippen LogP contribution in [0.3, 0.4) is 0 Å². The maximum absolute atomic E-state index is 10.4. The van der Waals surface area contributed by atoms with Crippen LogP contribution in [0.2, 0.25) is 0 Å². The van der Waals surface area contributed by atoms with Crippen LogP contribution in [-0.4, -0.2) is 64.7 Å². The molecule has 0 aromatic heterocycles. The van der Waals surface area contributed by atoms with E-state index in [0.717, 1.165) is 41.9 Å². The normalized spacial score (nSPS) is 30.0. The van der Waals surface area contributed by atoms with Crippen molar-refractivity contribution in [2.75, 3.05) is 19.8 Å². The van der Waals surface area contributed by atoms with E-state index in [1.165, 1.54) is 0 Å². The van der Waals surface area contributed by atoms with Crippen LogP contribution in [0.15, 0.2) is 42.5 Å². The zero-order valence-electron chi connectivity index (χ0n) is 18.1. The molecular weight excluding hydrogens is 408 g/mol. The predicted octanol–water partition coefficient (Wildman–Crippen LogP) is 1.49. The molecule has 2 aliphatic heterocycles. The van der Waals surface area contributed by atoms with E-state index in [2.05, 4.69) is 24.0 Å². The quantitative estimate of drug-likeness (QED) is 0.540. The maximum Gasteiger partial charge on any atom is 0.113 e. The highest BCUT2D eigenvalue weighted by Crippen LogP contribution is 2.33. The van der Waals surface area contributed by atoms with E-state index < -0.39 is 37.1 Å². The Balaban J connectivity index is 1.49. The van der Waals surface area contributed by atoms with Gasteiger partial charge in [0.25, 0.3) is 0 Å². The second kappa shape index (κ2) is 10.1. The third kappa shape index (κ3) is 5.05. The Morgan fingerprint density at radius 2 is 1.78 bits per heavy atom. The lowest BCUT2D eigenvalue weighted by atomic mass is 9.89. The predicted molar refractivity (Wildman–Crippen MR) is 119 cm³/mol. The van der Waals surface area contributed by atoms with Gasteiger partial charge in [-0.2, -0.15) is 0 Å². The Morgan fingerprint density at radius 3 is 2.47 bits per heavy atom. The van der Waals surface area contributed by atoms with E-state index in [-0.39, 0.29) is 0 Å². The number of aryl methyl sites for hydroxylation is 1. The topological polar surface area (TPSA) is 99.4 Å². The number of rotatable bonds is 4. The molecule has 4 rings (SSSR count). The average Bonchev–Trinajstić information content (AvgIpc) is 3.33. The molecule has 0 spiro atoms. The zero-order chi connectivity index (χ0) is 22.7. The molecule has 32 heavy (non-hydrogen) atoms. The molecule has 6 heteroatoms.